The van der Waals surface area contributed by atoms with Crippen LogP contribution < -0.4 is 5.56 Å². The molecule has 4 aromatic heterocycles. The molecule has 0 unspecified atom stereocenters. The summed E-state index contributed by atoms with van der Waals surface area (Å²) in [6, 6.07) is 8.32. The van der Waals surface area contributed by atoms with Gasteiger partial charge in [0, 0.05) is 10.4 Å². The first-order valence-corrected chi connectivity index (χ1v) is 12.7. The molecule has 4 atom stereocenters. The summed E-state index contributed by atoms with van der Waals surface area (Å²) in [6.45, 7) is 1.33. The Morgan fingerprint density at radius 1 is 1.16 bits per heavy atom. The van der Waals surface area contributed by atoms with Gasteiger partial charge in [0.25, 0.3) is 5.56 Å². The van der Waals surface area contributed by atoms with Crippen molar-refractivity contribution in [2.45, 2.75) is 44.3 Å². The molecule has 7 rings (SSSR count). The highest BCUT2D eigenvalue weighted by Gasteiger charge is 2.44. The van der Waals surface area contributed by atoms with Gasteiger partial charge in [0.2, 0.25) is 0 Å². The maximum Gasteiger partial charge on any atom is 0.266 e. The number of thiophene rings is 1. The number of nitrogens with zero attached hydrogens (tertiary/aromatic N) is 6. The number of hydrogen-bond donors (Lipinski definition) is 3. The van der Waals surface area contributed by atoms with E-state index in [1.807, 2.05) is 19.1 Å². The van der Waals surface area contributed by atoms with Gasteiger partial charge < -0.3 is 20.1 Å². The van der Waals surface area contributed by atoms with E-state index in [0.717, 1.165) is 38.8 Å². The van der Waals surface area contributed by atoms with Crippen LogP contribution in [0.2, 0.25) is 0 Å². The van der Waals surface area contributed by atoms with E-state index in [-0.39, 0.29) is 5.39 Å². The quantitative estimate of drug-likeness (QED) is 0.321. The molecule has 12 heteroatoms. The van der Waals surface area contributed by atoms with Gasteiger partial charge in [-0.1, -0.05) is 24.3 Å². The van der Waals surface area contributed by atoms with Crippen molar-refractivity contribution in [2.24, 2.45) is 0 Å². The topological polar surface area (TPSA) is 148 Å². The second kappa shape index (κ2) is 8.23. The molecule has 0 spiro atoms. The number of aliphatic hydroxyl groups excluding tert-OH is 3. The SMILES string of the molecule is Cc1nc(-n2ncc3c(=O)n([C@@H]4O[C@H](CO)[C@@H](O)[C@H]4O)cnc32)c2c3c(sc2n1)CCc1ccccc1-3. The van der Waals surface area contributed by atoms with Crippen LogP contribution in [0.25, 0.3) is 38.2 Å². The molecule has 3 N–H and O–H groups in total. The molecule has 11 nitrogen and oxygen atoms in total. The molecule has 1 saturated heterocycles. The normalized spacial score (nSPS) is 23.0. The molecule has 2 aliphatic rings. The molecule has 0 amide bonds. The lowest BCUT2D eigenvalue weighted by Gasteiger charge is -2.17. The third-order valence-electron chi connectivity index (χ3n) is 7.13. The molecule has 1 aliphatic heterocycles. The molecule has 188 valence electrons. The number of rotatable bonds is 3. The summed E-state index contributed by atoms with van der Waals surface area (Å²) in [7, 11) is 0. The Morgan fingerprint density at radius 3 is 2.81 bits per heavy atom. The van der Waals surface area contributed by atoms with Crippen molar-refractivity contribution < 1.29 is 20.1 Å². The summed E-state index contributed by atoms with van der Waals surface area (Å²) in [5.74, 6) is 1.13. The summed E-state index contributed by atoms with van der Waals surface area (Å²) in [6.07, 6.45) is -0.367. The van der Waals surface area contributed by atoms with Gasteiger partial charge in [0.1, 0.15) is 40.7 Å². The van der Waals surface area contributed by atoms with Gasteiger partial charge >= 0.3 is 0 Å². The van der Waals surface area contributed by atoms with Gasteiger partial charge in [0.05, 0.1) is 18.2 Å². The highest BCUT2D eigenvalue weighted by molar-refractivity contribution is 7.19. The van der Waals surface area contributed by atoms with E-state index < -0.39 is 36.7 Å². The number of benzene rings is 1. The highest BCUT2D eigenvalue weighted by Crippen LogP contribution is 2.45. The van der Waals surface area contributed by atoms with Gasteiger partial charge in [-0.05, 0) is 30.9 Å². The van der Waals surface area contributed by atoms with Crippen molar-refractivity contribution in [3.05, 3.63) is 63.4 Å². The lowest BCUT2D eigenvalue weighted by atomic mass is 9.89. The second-order valence-electron chi connectivity index (χ2n) is 9.31. The first-order valence-electron chi connectivity index (χ1n) is 11.9. The fourth-order valence-electron chi connectivity index (χ4n) is 5.35. The smallest absolute Gasteiger partial charge is 0.266 e. The van der Waals surface area contributed by atoms with Gasteiger partial charge in [-0.3, -0.25) is 9.36 Å². The second-order valence-corrected chi connectivity index (χ2v) is 10.4. The van der Waals surface area contributed by atoms with Crippen LogP contribution in [0, 0.1) is 6.92 Å². The summed E-state index contributed by atoms with van der Waals surface area (Å²) in [5, 5.41) is 35.5. The predicted molar refractivity (Wildman–Crippen MR) is 135 cm³/mol. The minimum absolute atomic E-state index is 0.203. The number of aryl methyl sites for hydroxylation is 3. The highest BCUT2D eigenvalue weighted by atomic mass is 32.1. The Hall–Kier alpha value is -3.55. The van der Waals surface area contributed by atoms with Crippen molar-refractivity contribution in [1.29, 1.82) is 0 Å². The summed E-state index contributed by atoms with van der Waals surface area (Å²) in [5.41, 5.74) is 3.33. The van der Waals surface area contributed by atoms with Crippen molar-refractivity contribution in [2.75, 3.05) is 6.61 Å². The van der Waals surface area contributed by atoms with Crippen molar-refractivity contribution in [3.8, 4) is 16.9 Å². The summed E-state index contributed by atoms with van der Waals surface area (Å²) in [4.78, 5) is 29.4. The Morgan fingerprint density at radius 2 is 2.00 bits per heavy atom. The van der Waals surface area contributed by atoms with Crippen LogP contribution in [-0.4, -0.2) is 69.5 Å². The minimum atomic E-state index is -1.40. The maximum absolute atomic E-state index is 13.4. The summed E-state index contributed by atoms with van der Waals surface area (Å²) >= 11 is 1.65. The first-order chi connectivity index (χ1) is 18.0. The lowest BCUT2D eigenvalue weighted by Crippen LogP contribution is -2.35. The van der Waals surface area contributed by atoms with Crippen LogP contribution in [0.3, 0.4) is 0 Å². The number of aliphatic hydroxyl groups is 3. The Balaban J connectivity index is 1.42. The molecule has 5 heterocycles. The van der Waals surface area contributed by atoms with Crippen molar-refractivity contribution in [1.82, 2.24) is 29.3 Å². The molecule has 0 saturated carbocycles. The molecular formula is C25H22N6O5S. The van der Waals surface area contributed by atoms with E-state index in [9.17, 15) is 20.1 Å². The third kappa shape index (κ3) is 3.23. The first kappa shape index (κ1) is 22.6. The van der Waals surface area contributed by atoms with Crippen molar-refractivity contribution >= 4 is 32.6 Å². The van der Waals surface area contributed by atoms with E-state index in [4.69, 9.17) is 14.7 Å². The monoisotopic (exact) mass is 518 g/mol. The fraction of sp³-hybridized carbons (Fsp3) is 0.320. The van der Waals surface area contributed by atoms with Gasteiger partial charge in [-0.15, -0.1) is 11.3 Å². The van der Waals surface area contributed by atoms with Crippen LogP contribution in [0.4, 0.5) is 0 Å². The largest absolute Gasteiger partial charge is 0.394 e. The van der Waals surface area contributed by atoms with E-state index in [1.54, 1.807) is 16.0 Å². The summed E-state index contributed by atoms with van der Waals surface area (Å²) < 4.78 is 8.20. The maximum atomic E-state index is 13.4. The van der Waals surface area contributed by atoms with E-state index in [1.165, 1.54) is 23.0 Å². The average Bonchev–Trinajstić information content (AvgIpc) is 3.58. The van der Waals surface area contributed by atoms with Crippen LogP contribution in [0.1, 0.15) is 22.5 Å². The molecule has 1 aromatic carbocycles. The number of hydrogen-bond acceptors (Lipinski definition) is 10. The van der Waals surface area contributed by atoms with E-state index >= 15 is 0 Å². The predicted octanol–water partition coefficient (Wildman–Crippen LogP) is 1.27. The molecular weight excluding hydrogens is 496 g/mol. The average molecular weight is 519 g/mol. The number of aromatic nitrogens is 6. The minimum Gasteiger partial charge on any atom is -0.394 e. The van der Waals surface area contributed by atoms with Crippen LogP contribution >= 0.6 is 11.3 Å². The lowest BCUT2D eigenvalue weighted by molar-refractivity contribution is -0.0546. The zero-order valence-electron chi connectivity index (χ0n) is 19.6. The molecule has 0 bridgehead atoms. The Labute approximate surface area is 213 Å². The van der Waals surface area contributed by atoms with Gasteiger partial charge in [-0.2, -0.15) is 9.78 Å². The van der Waals surface area contributed by atoms with Gasteiger partial charge in [-0.25, -0.2) is 15.0 Å². The van der Waals surface area contributed by atoms with Crippen molar-refractivity contribution in [3.63, 3.8) is 0 Å². The molecule has 1 fully saturated rings. The fourth-order valence-corrected chi connectivity index (χ4v) is 6.57. The molecule has 5 aromatic rings. The van der Waals surface area contributed by atoms with E-state index in [0.29, 0.717) is 17.3 Å². The molecule has 1 aliphatic carbocycles. The van der Waals surface area contributed by atoms with Crippen LogP contribution in [0.15, 0.2) is 41.6 Å². The van der Waals surface area contributed by atoms with Gasteiger partial charge in [0.15, 0.2) is 17.7 Å². The third-order valence-corrected chi connectivity index (χ3v) is 8.27. The number of fused-ring (bicyclic) bond motifs is 6. The van der Waals surface area contributed by atoms with Crippen LogP contribution in [0.5, 0.6) is 0 Å². The molecule has 0 radical (unpaired) electrons. The molecule has 37 heavy (non-hydrogen) atoms. The van der Waals surface area contributed by atoms with Crippen LogP contribution in [-0.2, 0) is 17.6 Å². The Kier molecular flexibility index (Phi) is 5.03. The zero-order valence-corrected chi connectivity index (χ0v) is 20.5. The van der Waals surface area contributed by atoms with E-state index in [2.05, 4.69) is 22.2 Å². The number of ether oxygens (including phenoxy) is 1. The Bertz CT molecular complexity index is 1760. The zero-order chi connectivity index (χ0) is 25.4. The standard InChI is InChI=1S/C25H22N6O5S/c1-11-28-22(18-17-13-5-3-2-4-12(13)6-7-16(17)37-23(18)29-11)31-21-14(8-27-31)24(35)30(10-26-21)25-20(34)19(33)15(9-32)36-25/h2-5,8,10,15,19-20,25,32-34H,6-7,9H2,1H3/t15-,19-,20-,25-/m1/s1.